The molecule has 53 heavy (non-hydrogen) atoms. The highest BCUT2D eigenvalue weighted by atomic mass is 14.8. The average molecular weight is 674 g/mol. The average Bonchev–Trinajstić information content (AvgIpc) is 3.54. The van der Waals surface area contributed by atoms with E-state index in [2.05, 4.69) is 169 Å². The number of nitrogens with zero attached hydrogens (tertiary/aromatic N) is 3. The molecule has 9 aromatic rings. The molecule has 0 fully saturated rings. The number of nitriles is 1. The van der Waals surface area contributed by atoms with Gasteiger partial charge in [-0.25, -0.2) is 0 Å². The molecule has 0 bridgehead atoms. The van der Waals surface area contributed by atoms with E-state index in [0.717, 1.165) is 16.8 Å². The van der Waals surface area contributed by atoms with Crippen molar-refractivity contribution in [2.45, 2.75) is 5.41 Å². The van der Waals surface area contributed by atoms with Crippen molar-refractivity contribution in [3.8, 4) is 50.8 Å². The number of rotatable bonds is 5. The van der Waals surface area contributed by atoms with E-state index in [1.807, 2.05) is 12.3 Å². The quantitative estimate of drug-likeness (QED) is 0.183. The van der Waals surface area contributed by atoms with E-state index >= 15 is 0 Å². The number of hydrogen-bond donors (Lipinski definition) is 0. The van der Waals surface area contributed by atoms with Crippen LogP contribution >= 0.6 is 0 Å². The van der Waals surface area contributed by atoms with Crippen LogP contribution in [0, 0.1) is 11.3 Å². The fourth-order valence-electron chi connectivity index (χ4n) is 8.48. The van der Waals surface area contributed by atoms with Gasteiger partial charge in [0.2, 0.25) is 0 Å². The Labute approximate surface area is 308 Å². The summed E-state index contributed by atoms with van der Waals surface area (Å²) in [5.74, 6) is 0. The Kier molecular flexibility index (Phi) is 7.09. The van der Waals surface area contributed by atoms with Crippen LogP contribution in [0.5, 0.6) is 0 Å². The molecule has 0 N–H and O–H groups in total. The summed E-state index contributed by atoms with van der Waals surface area (Å²) < 4.78 is 0. The molecule has 0 radical (unpaired) electrons. The molecule has 0 aliphatic heterocycles. The largest absolute Gasteiger partial charge is 0.255 e. The molecular formula is C50H31N3. The molecule has 0 saturated carbocycles. The van der Waals surface area contributed by atoms with Gasteiger partial charge in [0, 0.05) is 18.0 Å². The van der Waals surface area contributed by atoms with Crippen molar-refractivity contribution in [1.82, 2.24) is 9.97 Å². The number of aromatic nitrogens is 2. The van der Waals surface area contributed by atoms with E-state index in [4.69, 9.17) is 4.98 Å². The first-order valence-corrected chi connectivity index (χ1v) is 17.9. The van der Waals surface area contributed by atoms with E-state index in [-0.39, 0.29) is 0 Å². The van der Waals surface area contributed by atoms with Crippen LogP contribution in [0.25, 0.3) is 66.3 Å². The van der Waals surface area contributed by atoms with E-state index in [0.29, 0.717) is 11.3 Å². The zero-order chi connectivity index (χ0) is 35.4. The first-order chi connectivity index (χ1) is 26.2. The molecular weight excluding hydrogens is 643 g/mol. The van der Waals surface area contributed by atoms with Crippen molar-refractivity contribution < 1.29 is 0 Å². The van der Waals surface area contributed by atoms with Crippen LogP contribution in [0.15, 0.2) is 188 Å². The van der Waals surface area contributed by atoms with Gasteiger partial charge in [0.25, 0.3) is 0 Å². The summed E-state index contributed by atoms with van der Waals surface area (Å²) in [6, 6.07) is 65.4. The Hall–Kier alpha value is -7.15. The maximum absolute atomic E-state index is 9.46. The second kappa shape index (κ2) is 12.3. The highest BCUT2D eigenvalue weighted by Crippen LogP contribution is 2.59. The van der Waals surface area contributed by atoms with E-state index in [9.17, 15) is 5.26 Å². The summed E-state index contributed by atoms with van der Waals surface area (Å²) in [7, 11) is 0. The first-order valence-electron chi connectivity index (χ1n) is 17.9. The molecule has 0 atom stereocenters. The van der Waals surface area contributed by atoms with Crippen LogP contribution in [-0.4, -0.2) is 9.97 Å². The van der Waals surface area contributed by atoms with E-state index in [1.54, 1.807) is 18.3 Å². The zero-order valence-corrected chi connectivity index (χ0v) is 28.7. The molecule has 1 aliphatic rings. The molecule has 0 spiro atoms. The standard InChI is InChI=1S/C50H31N3/c51-31-33-25-26-52-48(27-33)47-24-22-38(32-53-47)44-30-46-49(42-18-10-9-17-41(42)44)43-23-21-37(36-20-19-34-11-7-8-12-35(34)28-36)29-45(43)50(46,39-13-3-1-4-14-39)40-15-5-2-6-16-40/h1-30,32H. The van der Waals surface area contributed by atoms with Crippen molar-refractivity contribution in [2.24, 2.45) is 0 Å². The Bertz CT molecular complexity index is 2850. The number of benzene rings is 7. The Morgan fingerprint density at radius 3 is 1.85 bits per heavy atom. The monoisotopic (exact) mass is 673 g/mol. The Morgan fingerprint density at radius 1 is 0.453 bits per heavy atom. The van der Waals surface area contributed by atoms with Crippen LogP contribution in [0.2, 0.25) is 0 Å². The van der Waals surface area contributed by atoms with Crippen molar-refractivity contribution in [1.29, 1.82) is 5.26 Å². The highest BCUT2D eigenvalue weighted by molar-refractivity contribution is 6.10. The SMILES string of the molecule is N#Cc1ccnc(-c2ccc(-c3cc4c(c5ccccc35)-c3ccc(-c5ccc6ccccc6c5)cc3C4(c3ccccc3)c3ccccc3)cn2)c1. The van der Waals surface area contributed by atoms with Gasteiger partial charge >= 0.3 is 0 Å². The van der Waals surface area contributed by atoms with E-state index < -0.39 is 5.41 Å². The van der Waals surface area contributed by atoms with Crippen molar-refractivity contribution in [2.75, 3.05) is 0 Å². The number of fused-ring (bicyclic) bond motifs is 6. The van der Waals surface area contributed by atoms with Gasteiger partial charge < -0.3 is 0 Å². The lowest BCUT2D eigenvalue weighted by Gasteiger charge is -2.34. The molecule has 2 aromatic heterocycles. The summed E-state index contributed by atoms with van der Waals surface area (Å²) in [6.45, 7) is 0. The third-order valence-electron chi connectivity index (χ3n) is 10.9. The summed E-state index contributed by atoms with van der Waals surface area (Å²) in [4.78, 5) is 9.38. The van der Waals surface area contributed by atoms with Crippen molar-refractivity contribution in [3.05, 3.63) is 216 Å². The van der Waals surface area contributed by atoms with Gasteiger partial charge in [0.15, 0.2) is 0 Å². The summed E-state index contributed by atoms with van der Waals surface area (Å²) in [6.07, 6.45) is 3.60. The fourth-order valence-corrected chi connectivity index (χ4v) is 8.48. The van der Waals surface area contributed by atoms with Crippen LogP contribution < -0.4 is 0 Å². The highest BCUT2D eigenvalue weighted by Gasteiger charge is 2.47. The lowest BCUT2D eigenvalue weighted by Crippen LogP contribution is -2.28. The predicted octanol–water partition coefficient (Wildman–Crippen LogP) is 12.0. The fraction of sp³-hybridized carbons (Fsp3) is 0.0200. The zero-order valence-electron chi connectivity index (χ0n) is 28.7. The molecule has 1 aliphatic carbocycles. The van der Waals surface area contributed by atoms with Crippen LogP contribution in [0.4, 0.5) is 0 Å². The van der Waals surface area contributed by atoms with Crippen LogP contribution in [0.1, 0.15) is 27.8 Å². The molecule has 7 aromatic carbocycles. The lowest BCUT2D eigenvalue weighted by atomic mass is 9.67. The minimum Gasteiger partial charge on any atom is -0.255 e. The molecule has 2 heterocycles. The summed E-state index contributed by atoms with van der Waals surface area (Å²) >= 11 is 0. The third-order valence-corrected chi connectivity index (χ3v) is 10.9. The van der Waals surface area contributed by atoms with Gasteiger partial charge in [-0.05, 0) is 108 Å². The third kappa shape index (κ3) is 4.81. The maximum Gasteiger partial charge on any atom is 0.0992 e. The molecule has 3 heteroatoms. The summed E-state index contributed by atoms with van der Waals surface area (Å²) in [5.41, 5.74) is 13.4. The molecule has 10 rings (SSSR count). The number of hydrogen-bond acceptors (Lipinski definition) is 3. The molecule has 246 valence electrons. The van der Waals surface area contributed by atoms with Gasteiger partial charge in [-0.1, -0.05) is 140 Å². The number of pyridine rings is 2. The first kappa shape index (κ1) is 30.7. The molecule has 3 nitrogen and oxygen atoms in total. The van der Waals surface area contributed by atoms with Gasteiger partial charge in [-0.3, -0.25) is 9.97 Å². The topological polar surface area (TPSA) is 49.6 Å². The van der Waals surface area contributed by atoms with Gasteiger partial charge in [-0.2, -0.15) is 5.26 Å². The lowest BCUT2D eigenvalue weighted by molar-refractivity contribution is 0.769. The molecule has 0 saturated heterocycles. The van der Waals surface area contributed by atoms with Crippen LogP contribution in [-0.2, 0) is 5.41 Å². The van der Waals surface area contributed by atoms with E-state index in [1.165, 1.54) is 66.1 Å². The van der Waals surface area contributed by atoms with Crippen molar-refractivity contribution in [3.63, 3.8) is 0 Å². The minimum absolute atomic E-state index is 0.562. The molecule has 0 unspecified atom stereocenters. The smallest absolute Gasteiger partial charge is 0.0992 e. The van der Waals surface area contributed by atoms with Gasteiger partial charge in [0.05, 0.1) is 28.4 Å². The predicted molar refractivity (Wildman–Crippen MR) is 215 cm³/mol. The van der Waals surface area contributed by atoms with Gasteiger partial charge in [0.1, 0.15) is 0 Å². The normalized spacial score (nSPS) is 12.7. The molecule has 0 amide bonds. The van der Waals surface area contributed by atoms with Gasteiger partial charge in [-0.15, -0.1) is 0 Å². The Morgan fingerprint density at radius 2 is 1.11 bits per heavy atom. The minimum atomic E-state index is -0.589. The van der Waals surface area contributed by atoms with Crippen molar-refractivity contribution >= 4 is 21.5 Å². The summed E-state index contributed by atoms with van der Waals surface area (Å²) in [5, 5.41) is 14.3. The van der Waals surface area contributed by atoms with Crippen LogP contribution in [0.3, 0.4) is 0 Å². The Balaban J connectivity index is 1.26. The second-order valence-corrected chi connectivity index (χ2v) is 13.7. The maximum atomic E-state index is 9.46. The second-order valence-electron chi connectivity index (χ2n) is 13.7.